The second kappa shape index (κ2) is 14.1. The van der Waals surface area contributed by atoms with E-state index in [4.69, 9.17) is 25.8 Å². The highest BCUT2D eigenvalue weighted by Gasteiger charge is 2.15. The summed E-state index contributed by atoms with van der Waals surface area (Å²) in [4.78, 5) is 12.9. The molecule has 4 aromatic carbocycles. The number of amides is 1. The molecular weight excluding hydrogens is 651 g/mol. The van der Waals surface area contributed by atoms with Gasteiger partial charge in [-0.1, -0.05) is 48.0 Å². The Hall–Kier alpha value is -4.00. The highest BCUT2D eigenvalue weighted by atomic mass is 127. The van der Waals surface area contributed by atoms with Gasteiger partial charge in [0.2, 0.25) is 0 Å². The maximum Gasteiger partial charge on any atom is 0.266 e. The molecule has 208 valence electrons. The van der Waals surface area contributed by atoms with Crippen LogP contribution in [0.4, 0.5) is 5.69 Å². The second-order valence-electron chi connectivity index (χ2n) is 9.27. The number of anilines is 1. The summed E-state index contributed by atoms with van der Waals surface area (Å²) in [6.45, 7) is 4.85. The van der Waals surface area contributed by atoms with Gasteiger partial charge in [0.1, 0.15) is 30.6 Å². The molecule has 1 N–H and O–H groups in total. The molecule has 0 saturated carbocycles. The first-order valence-corrected chi connectivity index (χ1v) is 14.2. The van der Waals surface area contributed by atoms with Gasteiger partial charge in [-0.2, -0.15) is 5.26 Å². The first kappa shape index (κ1) is 30.0. The van der Waals surface area contributed by atoms with Crippen LogP contribution in [0.25, 0.3) is 6.08 Å². The number of hydrogen-bond acceptors (Lipinski definition) is 5. The van der Waals surface area contributed by atoms with Crippen molar-refractivity contribution in [3.8, 4) is 23.3 Å². The lowest BCUT2D eigenvalue weighted by Crippen LogP contribution is -2.13. The molecule has 0 fully saturated rings. The van der Waals surface area contributed by atoms with E-state index in [0.717, 1.165) is 14.7 Å². The Balaban J connectivity index is 1.42. The molecule has 8 heteroatoms. The van der Waals surface area contributed by atoms with Crippen molar-refractivity contribution in [1.29, 1.82) is 5.26 Å². The summed E-state index contributed by atoms with van der Waals surface area (Å²) in [6.07, 6.45) is 1.52. The predicted molar refractivity (Wildman–Crippen MR) is 170 cm³/mol. The molecule has 0 aliphatic rings. The number of aryl methyl sites for hydroxylation is 2. The van der Waals surface area contributed by atoms with Gasteiger partial charge in [-0.15, -0.1) is 0 Å². The van der Waals surface area contributed by atoms with Gasteiger partial charge >= 0.3 is 0 Å². The lowest BCUT2D eigenvalue weighted by Gasteiger charge is -2.14. The third-order valence-electron chi connectivity index (χ3n) is 6.35. The first-order valence-electron chi connectivity index (χ1n) is 12.7. The van der Waals surface area contributed by atoms with Crippen LogP contribution in [0, 0.1) is 28.7 Å². The Morgan fingerprint density at radius 1 is 0.976 bits per heavy atom. The Labute approximate surface area is 258 Å². The molecule has 0 atom stereocenters. The summed E-state index contributed by atoms with van der Waals surface area (Å²) >= 11 is 8.34. The number of carbonyl (C=O) groups excluding carboxylic acids is 1. The highest BCUT2D eigenvalue weighted by molar-refractivity contribution is 14.1. The van der Waals surface area contributed by atoms with Gasteiger partial charge in [-0.25, -0.2) is 0 Å². The van der Waals surface area contributed by atoms with Crippen molar-refractivity contribution in [2.45, 2.75) is 27.1 Å². The van der Waals surface area contributed by atoms with Crippen molar-refractivity contribution in [1.82, 2.24) is 0 Å². The van der Waals surface area contributed by atoms with Crippen LogP contribution in [0.1, 0.15) is 27.8 Å². The summed E-state index contributed by atoms with van der Waals surface area (Å²) in [7, 11) is 1.56. The minimum atomic E-state index is -0.527. The third-order valence-corrected chi connectivity index (χ3v) is 7.52. The lowest BCUT2D eigenvalue weighted by atomic mass is 10.1. The van der Waals surface area contributed by atoms with Crippen LogP contribution in [0.2, 0.25) is 5.02 Å². The van der Waals surface area contributed by atoms with E-state index in [1.165, 1.54) is 17.2 Å². The SMILES string of the molecule is COc1cc(/C=C(\C#N)C(=O)Nc2ccc(OCc3ccccc3Cl)cc2)cc(I)c1OCc1ccc(C)c(C)c1. The van der Waals surface area contributed by atoms with Gasteiger partial charge in [0, 0.05) is 16.3 Å². The molecule has 0 saturated heterocycles. The molecule has 0 radical (unpaired) electrons. The summed E-state index contributed by atoms with van der Waals surface area (Å²) in [5.41, 5.74) is 5.48. The van der Waals surface area contributed by atoms with E-state index in [-0.39, 0.29) is 5.57 Å². The second-order valence-corrected chi connectivity index (χ2v) is 10.8. The van der Waals surface area contributed by atoms with Crippen molar-refractivity contribution >= 4 is 51.9 Å². The number of rotatable bonds is 10. The van der Waals surface area contributed by atoms with E-state index in [2.05, 4.69) is 53.9 Å². The predicted octanol–water partition coefficient (Wildman–Crippen LogP) is 8.27. The number of halogens is 2. The quantitative estimate of drug-likeness (QED) is 0.104. The zero-order valence-electron chi connectivity index (χ0n) is 22.8. The number of hydrogen-bond donors (Lipinski definition) is 1. The third kappa shape index (κ3) is 8.03. The minimum Gasteiger partial charge on any atom is -0.493 e. The van der Waals surface area contributed by atoms with Gasteiger partial charge in [0.15, 0.2) is 11.5 Å². The number of nitriles is 1. The first-order chi connectivity index (χ1) is 19.8. The van der Waals surface area contributed by atoms with Gasteiger partial charge in [-0.05, 0) is 107 Å². The summed E-state index contributed by atoms with van der Waals surface area (Å²) in [5.74, 6) is 1.21. The van der Waals surface area contributed by atoms with E-state index in [9.17, 15) is 10.1 Å². The molecule has 41 heavy (non-hydrogen) atoms. The molecule has 0 bridgehead atoms. The fourth-order valence-corrected chi connectivity index (χ4v) is 4.91. The van der Waals surface area contributed by atoms with Crippen LogP contribution in [0.15, 0.2) is 84.4 Å². The molecule has 0 aromatic heterocycles. The van der Waals surface area contributed by atoms with E-state index in [0.29, 0.717) is 46.7 Å². The van der Waals surface area contributed by atoms with Crippen LogP contribution >= 0.6 is 34.2 Å². The van der Waals surface area contributed by atoms with Crippen molar-refractivity contribution in [3.05, 3.63) is 121 Å². The molecule has 0 spiro atoms. The number of ether oxygens (including phenoxy) is 3. The number of nitrogens with zero attached hydrogens (tertiary/aromatic N) is 1. The lowest BCUT2D eigenvalue weighted by molar-refractivity contribution is -0.112. The number of benzene rings is 4. The van der Waals surface area contributed by atoms with Crippen LogP contribution in [0.5, 0.6) is 17.2 Å². The van der Waals surface area contributed by atoms with Crippen molar-refractivity contribution < 1.29 is 19.0 Å². The van der Waals surface area contributed by atoms with Gasteiger partial charge in [0.25, 0.3) is 5.91 Å². The topological polar surface area (TPSA) is 80.6 Å². The zero-order valence-corrected chi connectivity index (χ0v) is 25.7. The van der Waals surface area contributed by atoms with Crippen LogP contribution in [-0.2, 0) is 18.0 Å². The maximum absolute atomic E-state index is 12.9. The van der Waals surface area contributed by atoms with E-state index < -0.39 is 5.91 Å². The van der Waals surface area contributed by atoms with Crippen molar-refractivity contribution in [2.75, 3.05) is 12.4 Å². The van der Waals surface area contributed by atoms with Crippen LogP contribution in [0.3, 0.4) is 0 Å². The van der Waals surface area contributed by atoms with E-state index in [1.54, 1.807) is 37.4 Å². The Kier molecular flexibility index (Phi) is 10.3. The fourth-order valence-electron chi connectivity index (χ4n) is 3.94. The molecule has 6 nitrogen and oxygen atoms in total. The van der Waals surface area contributed by atoms with Crippen molar-refractivity contribution in [3.63, 3.8) is 0 Å². The minimum absolute atomic E-state index is 0.0503. The van der Waals surface area contributed by atoms with E-state index in [1.807, 2.05) is 42.5 Å². The van der Waals surface area contributed by atoms with Gasteiger partial charge in [0.05, 0.1) is 10.7 Å². The molecule has 1 amide bonds. The fraction of sp³-hybridized carbons (Fsp3) is 0.152. The molecule has 0 aliphatic heterocycles. The van der Waals surface area contributed by atoms with Gasteiger partial charge in [-0.3, -0.25) is 4.79 Å². The number of methoxy groups -OCH3 is 1. The van der Waals surface area contributed by atoms with E-state index >= 15 is 0 Å². The van der Waals surface area contributed by atoms with Crippen LogP contribution in [-0.4, -0.2) is 13.0 Å². The smallest absolute Gasteiger partial charge is 0.266 e. The summed E-state index contributed by atoms with van der Waals surface area (Å²) in [5, 5.41) is 13.1. The zero-order chi connectivity index (χ0) is 29.4. The largest absolute Gasteiger partial charge is 0.493 e. The van der Waals surface area contributed by atoms with Gasteiger partial charge < -0.3 is 19.5 Å². The summed E-state index contributed by atoms with van der Waals surface area (Å²) < 4.78 is 18.3. The standard InChI is InChI=1S/C33H28ClIN2O4/c1-21-8-9-23(14-22(21)2)19-41-32-30(35)16-24(17-31(32)39-3)15-26(18-36)33(38)37-27-10-12-28(13-11-27)40-20-25-6-4-5-7-29(25)34/h4-17H,19-20H2,1-3H3,(H,37,38)/b26-15+. The average Bonchev–Trinajstić information content (AvgIpc) is 2.97. The Morgan fingerprint density at radius 3 is 2.41 bits per heavy atom. The molecule has 0 aliphatic carbocycles. The number of nitrogens with one attached hydrogen (secondary N) is 1. The average molecular weight is 679 g/mol. The molecule has 0 unspecified atom stereocenters. The maximum atomic E-state index is 12.9. The van der Waals surface area contributed by atoms with Crippen molar-refractivity contribution in [2.24, 2.45) is 0 Å². The normalized spacial score (nSPS) is 11.0. The highest BCUT2D eigenvalue weighted by Crippen LogP contribution is 2.35. The molecule has 4 aromatic rings. The molecule has 4 rings (SSSR count). The molecular formula is C33H28ClIN2O4. The van der Waals surface area contributed by atoms with Crippen LogP contribution < -0.4 is 19.5 Å². The monoisotopic (exact) mass is 678 g/mol. The Morgan fingerprint density at radius 2 is 1.73 bits per heavy atom. The number of carbonyl (C=O) groups is 1. The Bertz CT molecular complexity index is 1630. The summed E-state index contributed by atoms with van der Waals surface area (Å²) in [6, 6.07) is 26.2. The molecule has 0 heterocycles.